The summed E-state index contributed by atoms with van der Waals surface area (Å²) in [6, 6.07) is 18.2. The Balaban J connectivity index is 0.000000911. The maximum absolute atomic E-state index is 2.57. The Morgan fingerprint density at radius 3 is 1.72 bits per heavy atom. The minimum atomic E-state index is -2.31. The zero-order valence-electron chi connectivity index (χ0n) is 14.3. The van der Waals surface area contributed by atoms with Crippen molar-refractivity contribution in [3.63, 3.8) is 0 Å². The first-order valence-corrected chi connectivity index (χ1v) is 14.9. The summed E-state index contributed by atoms with van der Waals surface area (Å²) < 4.78 is 4.18. The Bertz CT molecular complexity index is 778. The van der Waals surface area contributed by atoms with Gasteiger partial charge in [-0.15, -0.1) is 0 Å². The molecule has 2 aromatic carbocycles. The van der Waals surface area contributed by atoms with Crippen LogP contribution in [0, 0.1) is 0 Å². The predicted molar refractivity (Wildman–Crippen MR) is 95.3 cm³/mol. The Labute approximate surface area is 167 Å². The third-order valence-corrected chi connectivity index (χ3v) is 21.5. The van der Waals surface area contributed by atoms with Gasteiger partial charge in [-0.2, -0.15) is 0 Å². The van der Waals surface area contributed by atoms with E-state index >= 15 is 0 Å². The summed E-state index contributed by atoms with van der Waals surface area (Å²) in [5.41, 5.74) is 6.23. The summed E-state index contributed by atoms with van der Waals surface area (Å²) >= 11 is -2.31. The van der Waals surface area contributed by atoms with Crippen molar-refractivity contribution in [3.8, 4) is 0 Å². The number of benzene rings is 2. The van der Waals surface area contributed by atoms with Crippen LogP contribution in [0.1, 0.15) is 42.8 Å². The largest absolute Gasteiger partial charge is 1.00 e. The monoisotopic (exact) mass is 446 g/mol. The van der Waals surface area contributed by atoms with Gasteiger partial charge in [0.2, 0.25) is 0 Å². The number of hydrogen-bond acceptors (Lipinski definition) is 0. The molecule has 0 nitrogen and oxygen atoms in total. The third kappa shape index (κ3) is 2.75. The van der Waals surface area contributed by atoms with Crippen molar-refractivity contribution < 1.29 is 45.1 Å². The van der Waals surface area contributed by atoms with E-state index in [2.05, 4.69) is 79.8 Å². The molecule has 3 atom stereocenters. The van der Waals surface area contributed by atoms with Crippen LogP contribution >= 0.6 is 0 Å². The molecule has 2 aromatic rings. The quantitative estimate of drug-likeness (QED) is 0.635. The SMILES string of the molecule is CC[CH]1[CH2][Zr+2]1([CH]1C=Cc2ccccc21)[CH]1C=Cc2ccccc21.[Cl-].[Cl-]. The summed E-state index contributed by atoms with van der Waals surface area (Å²) in [6.45, 7) is 2.42. The standard InChI is InChI=1S/2C9H7.C4H8.2ClH.Zr/c2*1-2-5-9-7-3-6-8(9)4-1;1-3-4-2;;;/h2*1-7H;3H,1,4H2,2H3;2*1H;/q;;;;;+2/p-2. The zero-order valence-corrected chi connectivity index (χ0v) is 18.3. The second kappa shape index (κ2) is 7.18. The summed E-state index contributed by atoms with van der Waals surface area (Å²) in [5, 5.41) is 0. The van der Waals surface area contributed by atoms with Crippen LogP contribution in [0.15, 0.2) is 60.7 Å². The average Bonchev–Trinajstić information content (AvgIpc) is 2.97. The van der Waals surface area contributed by atoms with Crippen LogP contribution in [0.5, 0.6) is 0 Å². The Hall–Kier alpha value is -0.617. The molecule has 5 rings (SSSR count). The molecule has 1 fully saturated rings. The van der Waals surface area contributed by atoms with Crippen LogP contribution in [-0.4, -0.2) is 0 Å². The third-order valence-electron chi connectivity index (χ3n) is 6.45. The normalized spacial score (nSPS) is 27.6. The van der Waals surface area contributed by atoms with E-state index in [1.54, 1.807) is 15.3 Å². The Morgan fingerprint density at radius 2 is 1.28 bits per heavy atom. The van der Waals surface area contributed by atoms with Crippen molar-refractivity contribution in [2.75, 3.05) is 0 Å². The van der Waals surface area contributed by atoms with Crippen molar-refractivity contribution in [2.24, 2.45) is 0 Å². The molecule has 0 spiro atoms. The van der Waals surface area contributed by atoms with Gasteiger partial charge in [0.1, 0.15) is 0 Å². The first kappa shape index (κ1) is 19.2. The van der Waals surface area contributed by atoms with Gasteiger partial charge in [0, 0.05) is 0 Å². The zero-order chi connectivity index (χ0) is 15.4. The molecule has 2 aliphatic carbocycles. The van der Waals surface area contributed by atoms with Crippen LogP contribution in [0.2, 0.25) is 7.75 Å². The van der Waals surface area contributed by atoms with Crippen molar-refractivity contribution in [1.29, 1.82) is 0 Å². The predicted octanol–water partition coefficient (Wildman–Crippen LogP) is 0.315. The second-order valence-electron chi connectivity index (χ2n) is 7.35. The number of fused-ring (bicyclic) bond motifs is 2. The Kier molecular flexibility index (Phi) is 5.50. The topological polar surface area (TPSA) is 0 Å². The van der Waals surface area contributed by atoms with Crippen LogP contribution < -0.4 is 24.8 Å². The molecule has 3 heteroatoms. The van der Waals surface area contributed by atoms with E-state index < -0.39 is 20.3 Å². The summed E-state index contributed by atoms with van der Waals surface area (Å²) in [5.74, 6) is 0. The maximum atomic E-state index is 2.57. The minimum Gasteiger partial charge on any atom is -1.00 e. The molecule has 1 saturated heterocycles. The van der Waals surface area contributed by atoms with Crippen molar-refractivity contribution in [1.82, 2.24) is 0 Å². The van der Waals surface area contributed by atoms with Crippen LogP contribution in [-0.2, 0) is 20.3 Å². The summed E-state index contributed by atoms with van der Waals surface area (Å²) in [7, 11) is 0. The maximum Gasteiger partial charge on any atom is -1.00 e. The smallest absolute Gasteiger partial charge is 1.00 e. The van der Waals surface area contributed by atoms with Crippen molar-refractivity contribution in [2.45, 2.75) is 28.4 Å². The molecule has 3 unspecified atom stereocenters. The van der Waals surface area contributed by atoms with E-state index in [0.29, 0.717) is 0 Å². The van der Waals surface area contributed by atoms with E-state index in [4.69, 9.17) is 0 Å². The molecule has 0 N–H and O–H groups in total. The van der Waals surface area contributed by atoms with Crippen molar-refractivity contribution in [3.05, 3.63) is 82.9 Å². The van der Waals surface area contributed by atoms with Gasteiger partial charge < -0.3 is 24.8 Å². The van der Waals surface area contributed by atoms with Gasteiger partial charge in [-0.25, -0.2) is 0 Å². The Morgan fingerprint density at radius 1 is 0.800 bits per heavy atom. The van der Waals surface area contributed by atoms with Gasteiger partial charge in [-0.05, 0) is 0 Å². The number of allylic oxidation sites excluding steroid dienone is 2. The van der Waals surface area contributed by atoms with Crippen LogP contribution in [0.4, 0.5) is 0 Å². The molecule has 0 amide bonds. The molecule has 128 valence electrons. The molecule has 25 heavy (non-hydrogen) atoms. The number of hydrogen-bond donors (Lipinski definition) is 0. The van der Waals surface area contributed by atoms with Crippen molar-refractivity contribution >= 4 is 12.2 Å². The number of rotatable bonds is 3. The molecule has 0 aromatic heterocycles. The van der Waals surface area contributed by atoms with E-state index in [9.17, 15) is 0 Å². The molecule has 1 aliphatic heterocycles. The fourth-order valence-corrected chi connectivity index (χ4v) is 24.2. The van der Waals surface area contributed by atoms with E-state index in [-0.39, 0.29) is 24.8 Å². The molecule has 0 saturated carbocycles. The molecular weight excluding hydrogens is 426 g/mol. The molecule has 1 heterocycles. The first-order valence-electron chi connectivity index (χ1n) is 8.89. The first-order chi connectivity index (χ1) is 11.3. The fourth-order valence-electron chi connectivity index (χ4n) is 5.28. The molecular formula is C22H22Cl2Zr. The average molecular weight is 449 g/mol. The van der Waals surface area contributed by atoms with Gasteiger partial charge >= 0.3 is 144 Å². The molecule has 0 bridgehead atoms. The van der Waals surface area contributed by atoms with E-state index in [1.807, 2.05) is 0 Å². The minimum absolute atomic E-state index is 0. The van der Waals surface area contributed by atoms with Gasteiger partial charge in [-0.1, -0.05) is 0 Å². The van der Waals surface area contributed by atoms with Crippen LogP contribution in [0.3, 0.4) is 0 Å². The fraction of sp³-hybridized carbons (Fsp3) is 0.273. The van der Waals surface area contributed by atoms with E-state index in [1.165, 1.54) is 17.5 Å². The van der Waals surface area contributed by atoms with Gasteiger partial charge in [0.25, 0.3) is 0 Å². The molecule has 0 radical (unpaired) electrons. The van der Waals surface area contributed by atoms with Gasteiger partial charge in [0.05, 0.1) is 0 Å². The van der Waals surface area contributed by atoms with E-state index in [0.717, 1.165) is 10.9 Å². The summed E-state index contributed by atoms with van der Waals surface area (Å²) in [4.78, 5) is 0. The van der Waals surface area contributed by atoms with Gasteiger partial charge in [-0.3, -0.25) is 0 Å². The molecule has 3 aliphatic rings. The van der Waals surface area contributed by atoms with Gasteiger partial charge in [0.15, 0.2) is 0 Å². The summed E-state index contributed by atoms with van der Waals surface area (Å²) in [6.07, 6.45) is 11.3. The second-order valence-corrected chi connectivity index (χ2v) is 18.9. The van der Waals surface area contributed by atoms with Crippen LogP contribution in [0.25, 0.3) is 12.2 Å². The number of halogens is 2.